The quantitative estimate of drug-likeness (QED) is 0.668. The summed E-state index contributed by atoms with van der Waals surface area (Å²) in [6.45, 7) is 0.868. The molecule has 0 radical (unpaired) electrons. The molecule has 0 saturated heterocycles. The van der Waals surface area contributed by atoms with Gasteiger partial charge in [-0.25, -0.2) is 4.98 Å². The number of nitrogens with zero attached hydrogens (tertiary/aromatic N) is 1. The number of ether oxygens (including phenoxy) is 1. The zero-order valence-corrected chi connectivity index (χ0v) is 9.76. The Morgan fingerprint density at radius 1 is 1.53 bits per heavy atom. The fraction of sp³-hybridized carbons (Fsp3) is 0.375. The van der Waals surface area contributed by atoms with Gasteiger partial charge < -0.3 is 9.84 Å². The van der Waals surface area contributed by atoms with E-state index >= 15 is 0 Å². The first-order valence-electron chi connectivity index (χ1n) is 3.86. The lowest BCUT2D eigenvalue weighted by molar-refractivity contribution is -0.275. The molecule has 3 nitrogen and oxygen atoms in total. The molecule has 0 bridgehead atoms. The molecule has 0 atom stereocenters. The summed E-state index contributed by atoms with van der Waals surface area (Å²) in [5.74, 6) is -0.426. The van der Waals surface area contributed by atoms with Crippen molar-refractivity contribution in [2.75, 3.05) is 0 Å². The van der Waals surface area contributed by atoms with Crippen LogP contribution in [0, 0.1) is 10.6 Å². The Labute approximate surface area is 97.4 Å². The minimum Gasteiger partial charge on any atom is -0.403 e. The van der Waals surface area contributed by atoms with Gasteiger partial charge in [0, 0.05) is 5.56 Å². The van der Waals surface area contributed by atoms with Gasteiger partial charge in [0.25, 0.3) is 0 Å². The van der Waals surface area contributed by atoms with Crippen molar-refractivity contribution in [2.45, 2.75) is 19.9 Å². The van der Waals surface area contributed by atoms with E-state index in [2.05, 4.69) is 9.72 Å². The summed E-state index contributed by atoms with van der Waals surface area (Å²) in [5, 5.41) is 8.89. The molecular weight excluding hydrogens is 326 g/mol. The van der Waals surface area contributed by atoms with Crippen molar-refractivity contribution in [1.82, 2.24) is 4.98 Å². The molecule has 0 unspecified atom stereocenters. The minimum absolute atomic E-state index is 0.0734. The molecule has 15 heavy (non-hydrogen) atoms. The van der Waals surface area contributed by atoms with E-state index < -0.39 is 18.7 Å². The highest BCUT2D eigenvalue weighted by Crippen LogP contribution is 2.29. The molecule has 0 aromatic carbocycles. The maximum absolute atomic E-state index is 12.0. The van der Waals surface area contributed by atoms with Crippen LogP contribution in [0.25, 0.3) is 0 Å². The number of hydrogen-bond acceptors (Lipinski definition) is 3. The predicted molar refractivity (Wildman–Crippen MR) is 54.3 cm³/mol. The predicted octanol–water partition coefficient (Wildman–Crippen LogP) is 2.39. The van der Waals surface area contributed by atoms with Gasteiger partial charge >= 0.3 is 6.36 Å². The van der Waals surface area contributed by atoms with Gasteiger partial charge in [0.15, 0.2) is 5.75 Å². The first-order chi connectivity index (χ1) is 6.83. The number of rotatable bonds is 2. The van der Waals surface area contributed by atoms with Crippen molar-refractivity contribution in [3.63, 3.8) is 0 Å². The van der Waals surface area contributed by atoms with Crippen LogP contribution in [-0.4, -0.2) is 16.5 Å². The normalized spacial score (nSPS) is 11.6. The van der Waals surface area contributed by atoms with Gasteiger partial charge in [-0.3, -0.25) is 0 Å². The van der Waals surface area contributed by atoms with E-state index in [4.69, 9.17) is 5.11 Å². The Bertz CT molecular complexity index is 368. The zero-order valence-electron chi connectivity index (χ0n) is 7.60. The molecule has 84 valence electrons. The summed E-state index contributed by atoms with van der Waals surface area (Å²) >= 11 is 1.85. The maximum Gasteiger partial charge on any atom is 0.573 e. The van der Waals surface area contributed by atoms with Gasteiger partial charge in [-0.15, -0.1) is 13.2 Å². The van der Waals surface area contributed by atoms with Crippen LogP contribution in [0.4, 0.5) is 13.2 Å². The lowest BCUT2D eigenvalue weighted by atomic mass is 10.2. The molecule has 1 aromatic rings. The largest absolute Gasteiger partial charge is 0.573 e. The number of aliphatic hydroxyl groups excluding tert-OH is 1. The van der Waals surface area contributed by atoms with Crippen molar-refractivity contribution in [1.29, 1.82) is 0 Å². The Morgan fingerprint density at radius 3 is 2.60 bits per heavy atom. The Kier molecular flexibility index (Phi) is 3.77. The third-order valence-corrected chi connectivity index (χ3v) is 2.13. The van der Waals surface area contributed by atoms with Crippen LogP contribution >= 0.6 is 22.6 Å². The molecule has 0 amide bonds. The van der Waals surface area contributed by atoms with Crippen molar-refractivity contribution < 1.29 is 23.0 Å². The highest BCUT2D eigenvalue weighted by atomic mass is 127. The molecule has 1 rings (SSSR count). The minimum atomic E-state index is -4.77. The second-order valence-electron chi connectivity index (χ2n) is 2.72. The molecule has 1 heterocycles. The van der Waals surface area contributed by atoms with Crippen molar-refractivity contribution in [2.24, 2.45) is 0 Å². The molecule has 1 N–H and O–H groups in total. The number of aromatic nitrogens is 1. The molecule has 0 saturated carbocycles. The highest BCUT2D eigenvalue weighted by molar-refractivity contribution is 14.1. The van der Waals surface area contributed by atoms with Crippen molar-refractivity contribution in [3.05, 3.63) is 21.0 Å². The molecule has 0 aliphatic rings. The number of alkyl halides is 3. The monoisotopic (exact) mass is 333 g/mol. The average Bonchev–Trinajstić information content (AvgIpc) is 2.07. The topological polar surface area (TPSA) is 42.4 Å². The number of aliphatic hydroxyl groups is 1. The summed E-state index contributed by atoms with van der Waals surface area (Å²) < 4.78 is 40.3. The van der Waals surface area contributed by atoms with E-state index in [9.17, 15) is 13.2 Å². The van der Waals surface area contributed by atoms with Crippen LogP contribution in [0.2, 0.25) is 0 Å². The number of hydrogen-bond donors (Lipinski definition) is 1. The van der Waals surface area contributed by atoms with E-state index in [0.717, 1.165) is 0 Å². The van der Waals surface area contributed by atoms with E-state index in [1.165, 1.54) is 13.0 Å². The second-order valence-corrected chi connectivity index (χ2v) is 3.83. The van der Waals surface area contributed by atoms with E-state index in [0.29, 0.717) is 3.70 Å². The van der Waals surface area contributed by atoms with Gasteiger partial charge in [-0.05, 0) is 35.6 Å². The number of halogens is 4. The van der Waals surface area contributed by atoms with Crippen LogP contribution in [-0.2, 0) is 6.61 Å². The fourth-order valence-electron chi connectivity index (χ4n) is 1.06. The number of aryl methyl sites for hydroxylation is 1. The summed E-state index contributed by atoms with van der Waals surface area (Å²) in [6, 6.07) is 1.34. The Balaban J connectivity index is 3.15. The van der Waals surface area contributed by atoms with Crippen LogP contribution in [0.5, 0.6) is 5.75 Å². The average molecular weight is 333 g/mol. The lowest BCUT2D eigenvalue weighted by Crippen LogP contribution is -2.19. The van der Waals surface area contributed by atoms with E-state index in [1.54, 1.807) is 0 Å². The first-order valence-corrected chi connectivity index (χ1v) is 4.94. The van der Waals surface area contributed by atoms with E-state index in [1.807, 2.05) is 22.6 Å². The zero-order chi connectivity index (χ0) is 11.6. The summed E-state index contributed by atoms with van der Waals surface area (Å²) in [6.07, 6.45) is -4.77. The van der Waals surface area contributed by atoms with Crippen LogP contribution in [0.1, 0.15) is 11.3 Å². The Morgan fingerprint density at radius 2 is 2.13 bits per heavy atom. The lowest BCUT2D eigenvalue weighted by Gasteiger charge is -2.14. The maximum atomic E-state index is 12.0. The molecule has 7 heteroatoms. The third kappa shape index (κ3) is 3.49. The smallest absolute Gasteiger partial charge is 0.403 e. The van der Waals surface area contributed by atoms with E-state index in [-0.39, 0.29) is 11.3 Å². The second kappa shape index (κ2) is 4.52. The standard InChI is InChI=1S/C8H7F3INO2/c1-4-7(15-8(9,10)11)5(3-14)2-6(12)13-4/h2,14H,3H2,1H3. The molecular formula is C8H7F3INO2. The summed E-state index contributed by atoms with van der Waals surface area (Å²) in [7, 11) is 0. The molecule has 0 fully saturated rings. The summed E-state index contributed by atoms with van der Waals surface area (Å²) in [5.41, 5.74) is 0.174. The van der Waals surface area contributed by atoms with Crippen LogP contribution < -0.4 is 4.74 Å². The Hall–Kier alpha value is -0.570. The fourth-order valence-corrected chi connectivity index (χ4v) is 1.80. The molecule has 0 aliphatic carbocycles. The van der Waals surface area contributed by atoms with Gasteiger partial charge in [-0.1, -0.05) is 0 Å². The van der Waals surface area contributed by atoms with Crippen molar-refractivity contribution in [3.8, 4) is 5.75 Å². The molecule has 1 aromatic heterocycles. The van der Waals surface area contributed by atoms with Crippen molar-refractivity contribution >= 4 is 22.6 Å². The van der Waals surface area contributed by atoms with Crippen LogP contribution in [0.3, 0.4) is 0 Å². The molecule has 0 aliphatic heterocycles. The van der Waals surface area contributed by atoms with Gasteiger partial charge in [-0.2, -0.15) is 0 Å². The van der Waals surface area contributed by atoms with Gasteiger partial charge in [0.05, 0.1) is 12.3 Å². The first kappa shape index (κ1) is 12.5. The highest BCUT2D eigenvalue weighted by Gasteiger charge is 2.33. The number of pyridine rings is 1. The summed E-state index contributed by atoms with van der Waals surface area (Å²) in [4.78, 5) is 3.82. The van der Waals surface area contributed by atoms with Gasteiger partial charge in [0.1, 0.15) is 3.70 Å². The third-order valence-electron chi connectivity index (χ3n) is 1.58. The van der Waals surface area contributed by atoms with Crippen LogP contribution in [0.15, 0.2) is 6.07 Å². The SMILES string of the molecule is Cc1nc(I)cc(CO)c1OC(F)(F)F. The van der Waals surface area contributed by atoms with Gasteiger partial charge in [0.2, 0.25) is 0 Å². The molecule has 0 spiro atoms.